The maximum absolute atomic E-state index is 12.4. The van der Waals surface area contributed by atoms with Gasteiger partial charge in [0.05, 0.1) is 11.6 Å². The number of hydrogen-bond donors (Lipinski definition) is 1. The normalized spacial score (nSPS) is 20.6. The highest BCUT2D eigenvalue weighted by Crippen LogP contribution is 2.53. The van der Waals surface area contributed by atoms with Crippen LogP contribution >= 0.6 is 0 Å². The van der Waals surface area contributed by atoms with Crippen molar-refractivity contribution in [1.29, 1.82) is 5.26 Å². The molecular weight excluding hydrogens is 224 g/mol. The minimum absolute atomic E-state index is 0.146. The van der Waals surface area contributed by atoms with Crippen molar-refractivity contribution < 1.29 is 4.79 Å². The van der Waals surface area contributed by atoms with Crippen LogP contribution in [0.4, 0.5) is 0 Å². The van der Waals surface area contributed by atoms with Gasteiger partial charge in [-0.25, -0.2) is 0 Å². The Bertz CT molecular complexity index is 688. The van der Waals surface area contributed by atoms with Crippen molar-refractivity contribution in [3.05, 3.63) is 35.5 Å². The van der Waals surface area contributed by atoms with Gasteiger partial charge in [-0.2, -0.15) is 5.26 Å². The molecule has 1 atom stereocenters. The average molecular weight is 238 g/mol. The topological polar surface area (TPSA) is 56.6 Å². The largest absolute Gasteiger partial charge is 0.360 e. The van der Waals surface area contributed by atoms with E-state index in [1.165, 1.54) is 0 Å². The Hall–Kier alpha value is -2.08. The molecule has 0 spiro atoms. The number of carbonyl (C=O) groups is 1. The maximum Gasteiger partial charge on any atom is 0.168 e. The van der Waals surface area contributed by atoms with E-state index in [2.05, 4.69) is 24.9 Å². The standard InChI is InChI=1S/C15H14N2O/c1-15(2)6-12(15)14(18)11-8-17-13-5-9(7-16)3-4-10(11)13/h3-5,8,12,17H,6H2,1-2H3. The van der Waals surface area contributed by atoms with E-state index in [0.29, 0.717) is 5.56 Å². The summed E-state index contributed by atoms with van der Waals surface area (Å²) in [5.74, 6) is 0.364. The summed E-state index contributed by atoms with van der Waals surface area (Å²) in [5, 5.41) is 9.77. The quantitative estimate of drug-likeness (QED) is 0.816. The first-order valence-corrected chi connectivity index (χ1v) is 6.08. The van der Waals surface area contributed by atoms with Crippen LogP contribution in [0.5, 0.6) is 0 Å². The van der Waals surface area contributed by atoms with Crippen LogP contribution < -0.4 is 0 Å². The molecule has 0 radical (unpaired) electrons. The van der Waals surface area contributed by atoms with E-state index in [1.54, 1.807) is 18.3 Å². The predicted octanol–water partition coefficient (Wildman–Crippen LogP) is 3.27. The molecule has 3 nitrogen and oxygen atoms in total. The SMILES string of the molecule is CC1(C)CC1C(=O)c1c[nH]c2cc(C#N)ccc12. The van der Waals surface area contributed by atoms with Gasteiger partial charge < -0.3 is 4.98 Å². The van der Waals surface area contributed by atoms with Crippen molar-refractivity contribution in [2.75, 3.05) is 0 Å². The zero-order chi connectivity index (χ0) is 12.9. The second-order valence-electron chi connectivity index (χ2n) is 5.68. The average Bonchev–Trinajstić information content (AvgIpc) is 2.82. The highest BCUT2D eigenvalue weighted by atomic mass is 16.1. The Morgan fingerprint density at radius 2 is 2.22 bits per heavy atom. The van der Waals surface area contributed by atoms with Crippen molar-refractivity contribution in [2.24, 2.45) is 11.3 Å². The minimum Gasteiger partial charge on any atom is -0.360 e. The summed E-state index contributed by atoms with van der Waals surface area (Å²) in [5.41, 5.74) is 2.36. The Labute approximate surface area is 105 Å². The number of aromatic nitrogens is 1. The van der Waals surface area contributed by atoms with E-state index < -0.39 is 0 Å². The van der Waals surface area contributed by atoms with Gasteiger partial charge in [0.15, 0.2) is 5.78 Å². The molecule has 1 fully saturated rings. The summed E-state index contributed by atoms with van der Waals surface area (Å²) in [6.07, 6.45) is 2.73. The van der Waals surface area contributed by atoms with E-state index in [1.807, 2.05) is 6.07 Å². The van der Waals surface area contributed by atoms with Gasteiger partial charge in [-0.1, -0.05) is 19.9 Å². The van der Waals surface area contributed by atoms with Crippen LogP contribution in [-0.2, 0) is 0 Å². The number of rotatable bonds is 2. The molecule has 1 aliphatic carbocycles. The molecule has 1 aromatic heterocycles. The van der Waals surface area contributed by atoms with Crippen LogP contribution in [0.25, 0.3) is 10.9 Å². The summed E-state index contributed by atoms with van der Waals surface area (Å²) in [7, 11) is 0. The molecule has 1 unspecified atom stereocenters. The van der Waals surface area contributed by atoms with Crippen molar-refractivity contribution in [3.8, 4) is 6.07 Å². The summed E-state index contributed by atoms with van der Waals surface area (Å²) >= 11 is 0. The summed E-state index contributed by atoms with van der Waals surface area (Å²) in [4.78, 5) is 15.4. The van der Waals surface area contributed by atoms with E-state index in [-0.39, 0.29) is 17.1 Å². The Kier molecular flexibility index (Phi) is 2.12. The number of Topliss-reactive ketones (excluding diaryl/α,β-unsaturated/α-hetero) is 1. The molecule has 1 saturated carbocycles. The first-order valence-electron chi connectivity index (χ1n) is 6.08. The molecular formula is C15H14N2O. The molecule has 1 N–H and O–H groups in total. The molecule has 3 heteroatoms. The number of ketones is 1. The highest BCUT2D eigenvalue weighted by molar-refractivity contribution is 6.10. The van der Waals surface area contributed by atoms with Crippen LogP contribution in [0.1, 0.15) is 36.2 Å². The lowest BCUT2D eigenvalue weighted by Gasteiger charge is -2.01. The predicted molar refractivity (Wildman–Crippen MR) is 69.2 cm³/mol. The third-order valence-electron chi connectivity index (χ3n) is 3.91. The molecule has 2 aromatic rings. The van der Waals surface area contributed by atoms with Gasteiger partial charge in [0.25, 0.3) is 0 Å². The second kappa shape index (κ2) is 3.46. The smallest absolute Gasteiger partial charge is 0.168 e. The highest BCUT2D eigenvalue weighted by Gasteiger charge is 2.50. The molecule has 90 valence electrons. The zero-order valence-corrected chi connectivity index (χ0v) is 10.4. The number of nitrogens with one attached hydrogen (secondary N) is 1. The van der Waals surface area contributed by atoms with Gasteiger partial charge in [-0.05, 0) is 24.0 Å². The molecule has 0 amide bonds. The molecule has 1 aliphatic rings. The molecule has 0 aliphatic heterocycles. The molecule has 3 rings (SSSR count). The van der Waals surface area contributed by atoms with Crippen LogP contribution in [0.2, 0.25) is 0 Å². The van der Waals surface area contributed by atoms with Crippen molar-refractivity contribution >= 4 is 16.7 Å². The van der Waals surface area contributed by atoms with E-state index in [0.717, 1.165) is 22.9 Å². The van der Waals surface area contributed by atoms with Gasteiger partial charge in [0.1, 0.15) is 0 Å². The number of nitriles is 1. The number of H-pyrrole nitrogens is 1. The minimum atomic E-state index is 0.146. The zero-order valence-electron chi connectivity index (χ0n) is 10.4. The fourth-order valence-electron chi connectivity index (χ4n) is 2.50. The van der Waals surface area contributed by atoms with Crippen molar-refractivity contribution in [3.63, 3.8) is 0 Å². The molecule has 0 saturated heterocycles. The van der Waals surface area contributed by atoms with Crippen LogP contribution in [0, 0.1) is 22.7 Å². The summed E-state index contributed by atoms with van der Waals surface area (Å²) in [6, 6.07) is 7.49. The molecule has 1 heterocycles. The van der Waals surface area contributed by atoms with Crippen molar-refractivity contribution in [2.45, 2.75) is 20.3 Å². The first kappa shape index (κ1) is 11.0. The lowest BCUT2D eigenvalue weighted by molar-refractivity contribution is 0.0955. The lowest BCUT2D eigenvalue weighted by atomic mass is 10.0. The Morgan fingerprint density at radius 3 is 2.83 bits per heavy atom. The van der Waals surface area contributed by atoms with E-state index in [9.17, 15) is 4.79 Å². The maximum atomic E-state index is 12.4. The van der Waals surface area contributed by atoms with Crippen LogP contribution in [0.3, 0.4) is 0 Å². The number of nitrogens with zero attached hydrogens (tertiary/aromatic N) is 1. The van der Waals surface area contributed by atoms with Gasteiger partial charge in [0, 0.05) is 28.6 Å². The number of hydrogen-bond acceptors (Lipinski definition) is 2. The number of aromatic amines is 1. The first-order chi connectivity index (χ1) is 8.53. The fourth-order valence-corrected chi connectivity index (χ4v) is 2.50. The number of fused-ring (bicyclic) bond motifs is 1. The van der Waals surface area contributed by atoms with Gasteiger partial charge >= 0.3 is 0 Å². The summed E-state index contributed by atoms with van der Waals surface area (Å²) in [6.45, 7) is 4.25. The number of carbonyl (C=O) groups excluding carboxylic acids is 1. The molecule has 0 bridgehead atoms. The monoisotopic (exact) mass is 238 g/mol. The molecule has 18 heavy (non-hydrogen) atoms. The molecule has 1 aromatic carbocycles. The fraction of sp³-hybridized carbons (Fsp3) is 0.333. The van der Waals surface area contributed by atoms with E-state index in [4.69, 9.17) is 5.26 Å². The second-order valence-corrected chi connectivity index (χ2v) is 5.68. The van der Waals surface area contributed by atoms with Crippen molar-refractivity contribution in [1.82, 2.24) is 4.98 Å². The van der Waals surface area contributed by atoms with Gasteiger partial charge in [0.2, 0.25) is 0 Å². The summed E-state index contributed by atoms with van der Waals surface area (Å²) < 4.78 is 0. The Morgan fingerprint density at radius 1 is 1.50 bits per heavy atom. The third-order valence-corrected chi connectivity index (χ3v) is 3.91. The number of benzene rings is 1. The van der Waals surface area contributed by atoms with Crippen LogP contribution in [-0.4, -0.2) is 10.8 Å². The van der Waals surface area contributed by atoms with Gasteiger partial charge in [-0.3, -0.25) is 4.79 Å². The van der Waals surface area contributed by atoms with Gasteiger partial charge in [-0.15, -0.1) is 0 Å². The lowest BCUT2D eigenvalue weighted by Crippen LogP contribution is -2.05. The third kappa shape index (κ3) is 1.53. The Balaban J connectivity index is 2.04. The van der Waals surface area contributed by atoms with E-state index >= 15 is 0 Å². The van der Waals surface area contributed by atoms with Crippen LogP contribution in [0.15, 0.2) is 24.4 Å².